The molecule has 0 bridgehead atoms. The van der Waals surface area contributed by atoms with Crippen molar-refractivity contribution in [3.05, 3.63) is 17.9 Å². The molecule has 0 aromatic rings. The standard InChI is InChI=1S/C15H27N2O3.Ac/c1-5-8-10-9-11(14(18)19)17-12(10)13(16)15(6-2,7-3)20-4;/h5,8,10-13,16-17H,6-7,9H2,1-4H3,(H,18,19);/q-1;/b8-5-;/t10-,11-,12-,13?;/m1./s1. The van der Waals surface area contributed by atoms with E-state index in [0.29, 0.717) is 6.42 Å². The Kier molecular flexibility index (Phi) is 9.87. The summed E-state index contributed by atoms with van der Waals surface area (Å²) in [7, 11) is 1.64. The first-order valence-corrected chi connectivity index (χ1v) is 7.33. The molecular weight excluding hydrogens is 483 g/mol. The molecule has 5 nitrogen and oxygen atoms in total. The van der Waals surface area contributed by atoms with Crippen LogP contribution >= 0.6 is 0 Å². The molecule has 4 atom stereocenters. The maximum Gasteiger partial charge on any atom is 0.320 e. The Morgan fingerprint density at radius 2 is 2.10 bits per heavy atom. The van der Waals surface area contributed by atoms with Crippen molar-refractivity contribution < 1.29 is 58.7 Å². The molecule has 1 aliphatic heterocycles. The van der Waals surface area contributed by atoms with Gasteiger partial charge in [0.25, 0.3) is 0 Å². The SMILES string of the molecule is C/C=C\[C@@H]1C[C@H](C(=O)O)N[C@H]1C([NH-])C(CC)(CC)OC.[Ac]. The van der Waals surface area contributed by atoms with Crippen LogP contribution < -0.4 is 5.32 Å². The zero-order chi connectivity index (χ0) is 15.3. The van der Waals surface area contributed by atoms with Gasteiger partial charge < -0.3 is 20.9 Å². The van der Waals surface area contributed by atoms with E-state index in [1.165, 1.54) is 0 Å². The van der Waals surface area contributed by atoms with Crippen molar-refractivity contribution in [1.82, 2.24) is 5.32 Å². The van der Waals surface area contributed by atoms with Crippen LogP contribution in [0.5, 0.6) is 0 Å². The van der Waals surface area contributed by atoms with E-state index < -0.39 is 23.7 Å². The summed E-state index contributed by atoms with van der Waals surface area (Å²) in [6, 6.07) is -1.25. The monoisotopic (exact) mass is 510 g/mol. The van der Waals surface area contributed by atoms with Gasteiger partial charge in [-0.3, -0.25) is 4.79 Å². The van der Waals surface area contributed by atoms with Crippen LogP contribution in [0.15, 0.2) is 12.2 Å². The van der Waals surface area contributed by atoms with Crippen LogP contribution in [-0.2, 0) is 9.53 Å². The zero-order valence-electron chi connectivity index (χ0n) is 13.4. The summed E-state index contributed by atoms with van der Waals surface area (Å²) in [6.45, 7) is 5.96. The van der Waals surface area contributed by atoms with Crippen molar-refractivity contribution in [3.8, 4) is 0 Å². The van der Waals surface area contributed by atoms with E-state index in [2.05, 4.69) is 5.32 Å². The Labute approximate surface area is 163 Å². The summed E-state index contributed by atoms with van der Waals surface area (Å²) < 4.78 is 5.63. The second kappa shape index (κ2) is 9.62. The minimum absolute atomic E-state index is 0. The molecule has 0 aromatic carbocycles. The molecule has 1 radical (unpaired) electrons. The van der Waals surface area contributed by atoms with E-state index in [1.54, 1.807) is 7.11 Å². The predicted octanol–water partition coefficient (Wildman–Crippen LogP) is 2.62. The van der Waals surface area contributed by atoms with Crippen LogP contribution in [0, 0.1) is 50.0 Å². The van der Waals surface area contributed by atoms with Crippen molar-refractivity contribution in [1.29, 1.82) is 0 Å². The van der Waals surface area contributed by atoms with E-state index in [0.717, 1.165) is 12.8 Å². The first kappa shape index (κ1) is 21.5. The van der Waals surface area contributed by atoms with Crippen molar-refractivity contribution in [2.24, 2.45) is 5.92 Å². The third kappa shape index (κ3) is 4.75. The van der Waals surface area contributed by atoms with E-state index >= 15 is 0 Å². The third-order valence-corrected chi connectivity index (χ3v) is 4.63. The summed E-state index contributed by atoms with van der Waals surface area (Å²) >= 11 is 0. The van der Waals surface area contributed by atoms with E-state index in [-0.39, 0.29) is 56.0 Å². The fraction of sp³-hybridized carbons (Fsp3) is 0.800. The molecule has 0 aliphatic carbocycles. The Morgan fingerprint density at radius 1 is 1.52 bits per heavy atom. The van der Waals surface area contributed by atoms with Gasteiger partial charge in [-0.1, -0.05) is 32.0 Å². The van der Waals surface area contributed by atoms with Crippen LogP contribution in [0.25, 0.3) is 5.73 Å². The molecule has 0 amide bonds. The molecule has 1 saturated heterocycles. The quantitative estimate of drug-likeness (QED) is 0.516. The number of methoxy groups -OCH3 is 1. The fourth-order valence-electron chi connectivity index (χ4n) is 3.24. The van der Waals surface area contributed by atoms with Crippen molar-refractivity contribution in [2.75, 3.05) is 7.11 Å². The molecule has 1 heterocycles. The molecule has 6 heteroatoms. The Hall–Kier alpha value is 0.532. The van der Waals surface area contributed by atoms with Crippen molar-refractivity contribution >= 4 is 5.97 Å². The first-order chi connectivity index (χ1) is 9.45. The second-order valence-corrected chi connectivity index (χ2v) is 5.46. The molecule has 1 rings (SSSR count). The molecule has 1 fully saturated rings. The summed E-state index contributed by atoms with van der Waals surface area (Å²) in [4.78, 5) is 11.2. The maximum atomic E-state index is 11.2. The maximum absolute atomic E-state index is 11.2. The van der Waals surface area contributed by atoms with Gasteiger partial charge in [0, 0.05) is 57.2 Å². The first-order valence-electron chi connectivity index (χ1n) is 7.33. The normalized spacial score (nSPS) is 27.6. The minimum atomic E-state index is -0.842. The number of hydrogen-bond acceptors (Lipinski definition) is 3. The van der Waals surface area contributed by atoms with E-state index in [1.807, 2.05) is 32.9 Å². The molecule has 0 spiro atoms. The Bertz CT molecular complexity index is 351. The molecule has 3 N–H and O–H groups in total. The molecule has 119 valence electrons. The van der Waals surface area contributed by atoms with Gasteiger partial charge in [0.05, 0.1) is 5.60 Å². The summed E-state index contributed by atoms with van der Waals surface area (Å²) in [5.41, 5.74) is 8.08. The third-order valence-electron chi connectivity index (χ3n) is 4.63. The van der Waals surface area contributed by atoms with Crippen LogP contribution in [0.3, 0.4) is 0 Å². The average Bonchev–Trinajstić information content (AvgIpc) is 2.86. The van der Waals surface area contributed by atoms with Crippen LogP contribution in [0.1, 0.15) is 40.0 Å². The van der Waals surface area contributed by atoms with Gasteiger partial charge in [0.15, 0.2) is 0 Å². The zero-order valence-corrected chi connectivity index (χ0v) is 18.2. The molecule has 0 aromatic heterocycles. The number of hydrogen-bond donors (Lipinski definition) is 2. The molecular formula is C15H27AcN2O3-. The second-order valence-electron chi connectivity index (χ2n) is 5.46. The average molecular weight is 510 g/mol. The van der Waals surface area contributed by atoms with Crippen LogP contribution in [-0.4, -0.2) is 41.9 Å². The number of nitrogens with one attached hydrogen (secondary N) is 2. The number of carbonyl (C=O) groups is 1. The fourth-order valence-corrected chi connectivity index (χ4v) is 3.24. The Balaban J connectivity index is 0.00000400. The van der Waals surface area contributed by atoms with Gasteiger partial charge in [-0.05, 0) is 32.1 Å². The van der Waals surface area contributed by atoms with Gasteiger partial charge in [-0.25, -0.2) is 0 Å². The molecule has 1 unspecified atom stereocenters. The number of allylic oxidation sites excluding steroid dienone is 1. The van der Waals surface area contributed by atoms with Gasteiger partial charge in [0.2, 0.25) is 0 Å². The van der Waals surface area contributed by atoms with Gasteiger partial charge in [-0.15, -0.1) is 0 Å². The van der Waals surface area contributed by atoms with Crippen LogP contribution in [0.2, 0.25) is 0 Å². The topological polar surface area (TPSA) is 82.4 Å². The largest absolute Gasteiger partial charge is 0.671 e. The predicted molar refractivity (Wildman–Crippen MR) is 79.7 cm³/mol. The molecule has 21 heavy (non-hydrogen) atoms. The molecule has 1 aliphatic rings. The van der Waals surface area contributed by atoms with E-state index in [9.17, 15) is 9.90 Å². The van der Waals surface area contributed by atoms with Gasteiger partial charge >= 0.3 is 5.97 Å². The number of carboxylic acids is 1. The number of carboxylic acid groups (broad SMARTS) is 1. The molecule has 0 saturated carbocycles. The Morgan fingerprint density at radius 3 is 2.48 bits per heavy atom. The number of ether oxygens (including phenoxy) is 1. The summed E-state index contributed by atoms with van der Waals surface area (Å²) in [6.07, 6.45) is 5.96. The number of rotatable bonds is 7. The van der Waals surface area contributed by atoms with Crippen LogP contribution in [0.4, 0.5) is 0 Å². The smallest absolute Gasteiger partial charge is 0.320 e. The summed E-state index contributed by atoms with van der Waals surface area (Å²) in [5.74, 6) is -0.776. The van der Waals surface area contributed by atoms with E-state index in [4.69, 9.17) is 10.5 Å². The minimum Gasteiger partial charge on any atom is -0.671 e. The number of aliphatic carboxylic acids is 1. The van der Waals surface area contributed by atoms with Gasteiger partial charge in [0.1, 0.15) is 6.04 Å². The van der Waals surface area contributed by atoms with Crippen molar-refractivity contribution in [2.45, 2.75) is 63.8 Å². The summed E-state index contributed by atoms with van der Waals surface area (Å²) in [5, 5.41) is 12.3. The van der Waals surface area contributed by atoms with Gasteiger partial charge in [-0.2, -0.15) is 0 Å². The van der Waals surface area contributed by atoms with Crippen molar-refractivity contribution in [3.63, 3.8) is 0 Å².